The zero-order chi connectivity index (χ0) is 16.1. The average molecular weight is 308 g/mol. The van der Waals surface area contributed by atoms with Crippen molar-refractivity contribution >= 4 is 17.9 Å². The minimum Gasteiger partial charge on any atom is -0.341 e. The molecule has 1 aromatic rings. The molecule has 2 rings (SSSR count). The lowest BCUT2D eigenvalue weighted by Crippen LogP contribution is -2.35. The van der Waals surface area contributed by atoms with Crippen molar-refractivity contribution < 1.29 is 18.4 Å². The molecule has 1 aromatic carbocycles. The Morgan fingerprint density at radius 1 is 1.18 bits per heavy atom. The molecule has 0 atom stereocenters. The Kier molecular flexibility index (Phi) is 5.25. The first kappa shape index (κ1) is 16.1. The van der Waals surface area contributed by atoms with E-state index in [4.69, 9.17) is 0 Å². The van der Waals surface area contributed by atoms with Gasteiger partial charge in [0.2, 0.25) is 11.8 Å². The average Bonchev–Trinajstić information content (AvgIpc) is 2.65. The van der Waals surface area contributed by atoms with Crippen LogP contribution in [-0.2, 0) is 9.59 Å². The molecule has 1 heterocycles. The SMILES string of the molecule is CCN1CCN(C(=O)C=Cc2cc(F)cc(F)c2)CCC1=O. The van der Waals surface area contributed by atoms with Crippen LogP contribution in [0.5, 0.6) is 0 Å². The normalized spacial score (nSPS) is 16.2. The molecule has 4 nitrogen and oxygen atoms in total. The van der Waals surface area contributed by atoms with Crippen molar-refractivity contribution in [1.29, 1.82) is 0 Å². The molecular formula is C16H18F2N2O2. The van der Waals surface area contributed by atoms with E-state index in [0.29, 0.717) is 32.6 Å². The van der Waals surface area contributed by atoms with Gasteiger partial charge < -0.3 is 9.80 Å². The van der Waals surface area contributed by atoms with E-state index in [1.165, 1.54) is 12.2 Å². The highest BCUT2D eigenvalue weighted by Gasteiger charge is 2.21. The van der Waals surface area contributed by atoms with Crippen molar-refractivity contribution in [3.63, 3.8) is 0 Å². The lowest BCUT2D eigenvalue weighted by Gasteiger charge is -2.20. The highest BCUT2D eigenvalue weighted by molar-refractivity contribution is 5.92. The molecule has 6 heteroatoms. The molecule has 0 bridgehead atoms. The van der Waals surface area contributed by atoms with Crippen LogP contribution in [0.25, 0.3) is 6.08 Å². The van der Waals surface area contributed by atoms with Crippen LogP contribution in [0.4, 0.5) is 8.78 Å². The predicted molar refractivity (Wildman–Crippen MR) is 78.8 cm³/mol. The molecule has 0 radical (unpaired) electrons. The van der Waals surface area contributed by atoms with Gasteiger partial charge in [0.25, 0.3) is 0 Å². The fourth-order valence-electron chi connectivity index (χ4n) is 2.37. The minimum atomic E-state index is -0.689. The van der Waals surface area contributed by atoms with Crippen LogP contribution in [0.15, 0.2) is 24.3 Å². The Bertz CT molecular complexity index is 582. The molecule has 0 saturated carbocycles. The molecular weight excluding hydrogens is 290 g/mol. The van der Waals surface area contributed by atoms with Gasteiger partial charge in [-0.1, -0.05) is 0 Å². The van der Waals surface area contributed by atoms with E-state index >= 15 is 0 Å². The van der Waals surface area contributed by atoms with Gasteiger partial charge >= 0.3 is 0 Å². The first-order chi connectivity index (χ1) is 10.5. The maximum Gasteiger partial charge on any atom is 0.246 e. The Morgan fingerprint density at radius 3 is 2.50 bits per heavy atom. The Morgan fingerprint density at radius 2 is 1.86 bits per heavy atom. The van der Waals surface area contributed by atoms with E-state index in [2.05, 4.69) is 0 Å². The van der Waals surface area contributed by atoms with Crippen molar-refractivity contribution in [1.82, 2.24) is 9.80 Å². The van der Waals surface area contributed by atoms with Gasteiger partial charge in [0.05, 0.1) is 0 Å². The number of rotatable bonds is 3. The molecule has 118 valence electrons. The van der Waals surface area contributed by atoms with Crippen molar-refractivity contribution in [3.8, 4) is 0 Å². The number of amides is 2. The van der Waals surface area contributed by atoms with Gasteiger partial charge in [0, 0.05) is 44.7 Å². The number of benzene rings is 1. The lowest BCUT2D eigenvalue weighted by molar-refractivity contribution is -0.130. The summed E-state index contributed by atoms with van der Waals surface area (Å²) in [6.07, 6.45) is 2.95. The van der Waals surface area contributed by atoms with Crippen LogP contribution in [0.3, 0.4) is 0 Å². The van der Waals surface area contributed by atoms with Crippen molar-refractivity contribution in [3.05, 3.63) is 41.5 Å². The third-order valence-corrected chi connectivity index (χ3v) is 3.58. The van der Waals surface area contributed by atoms with E-state index in [-0.39, 0.29) is 17.4 Å². The molecule has 0 aromatic heterocycles. The van der Waals surface area contributed by atoms with Crippen molar-refractivity contribution in [2.24, 2.45) is 0 Å². The topological polar surface area (TPSA) is 40.6 Å². The van der Waals surface area contributed by atoms with Gasteiger partial charge in [0.15, 0.2) is 0 Å². The Labute approximate surface area is 128 Å². The van der Waals surface area contributed by atoms with Gasteiger partial charge in [-0.25, -0.2) is 8.78 Å². The fraction of sp³-hybridized carbons (Fsp3) is 0.375. The van der Waals surface area contributed by atoms with Gasteiger partial charge in [-0.15, -0.1) is 0 Å². The monoisotopic (exact) mass is 308 g/mol. The van der Waals surface area contributed by atoms with Gasteiger partial charge in [0.1, 0.15) is 11.6 Å². The van der Waals surface area contributed by atoms with Crippen LogP contribution >= 0.6 is 0 Å². The van der Waals surface area contributed by atoms with Crippen molar-refractivity contribution in [2.45, 2.75) is 13.3 Å². The highest BCUT2D eigenvalue weighted by atomic mass is 19.1. The van der Waals surface area contributed by atoms with Gasteiger partial charge in [-0.3, -0.25) is 9.59 Å². The number of carbonyl (C=O) groups is 2. The minimum absolute atomic E-state index is 0.0361. The van der Waals surface area contributed by atoms with Crippen LogP contribution in [0.2, 0.25) is 0 Å². The largest absolute Gasteiger partial charge is 0.341 e. The van der Waals surface area contributed by atoms with Crippen LogP contribution in [-0.4, -0.2) is 47.8 Å². The third-order valence-electron chi connectivity index (χ3n) is 3.58. The Hall–Kier alpha value is -2.24. The summed E-state index contributed by atoms with van der Waals surface area (Å²) < 4.78 is 26.1. The molecule has 1 aliphatic heterocycles. The van der Waals surface area contributed by atoms with E-state index < -0.39 is 11.6 Å². The summed E-state index contributed by atoms with van der Waals surface area (Å²) in [5.74, 6) is -1.61. The standard InChI is InChI=1S/C16H18F2N2O2/c1-2-19-7-8-20(6-5-16(19)22)15(21)4-3-12-9-13(17)11-14(18)10-12/h3-4,9-11H,2,5-8H2,1H3. The number of likely N-dealkylation sites (N-methyl/N-ethyl adjacent to an activating group) is 1. The third kappa shape index (κ3) is 4.13. The van der Waals surface area contributed by atoms with E-state index in [9.17, 15) is 18.4 Å². The number of hydrogen-bond acceptors (Lipinski definition) is 2. The molecule has 1 saturated heterocycles. The van der Waals surface area contributed by atoms with Crippen molar-refractivity contribution in [2.75, 3.05) is 26.2 Å². The molecule has 1 aliphatic rings. The summed E-state index contributed by atoms with van der Waals surface area (Å²) >= 11 is 0. The molecule has 0 aliphatic carbocycles. The number of carbonyl (C=O) groups excluding carboxylic acids is 2. The molecule has 0 unspecified atom stereocenters. The maximum atomic E-state index is 13.1. The van der Waals surface area contributed by atoms with Gasteiger partial charge in [-0.2, -0.15) is 0 Å². The fourth-order valence-corrected chi connectivity index (χ4v) is 2.37. The number of halogens is 2. The molecule has 0 spiro atoms. The molecule has 1 fully saturated rings. The second kappa shape index (κ2) is 7.15. The second-order valence-corrected chi connectivity index (χ2v) is 5.08. The quantitative estimate of drug-likeness (QED) is 0.802. The smallest absolute Gasteiger partial charge is 0.246 e. The van der Waals surface area contributed by atoms with Gasteiger partial charge in [-0.05, 0) is 30.7 Å². The summed E-state index contributed by atoms with van der Waals surface area (Å²) in [5.41, 5.74) is 0.284. The van der Waals surface area contributed by atoms with E-state index in [1.807, 2.05) is 6.92 Å². The first-order valence-electron chi connectivity index (χ1n) is 7.20. The summed E-state index contributed by atoms with van der Waals surface area (Å²) in [6, 6.07) is 3.08. The zero-order valence-electron chi connectivity index (χ0n) is 12.4. The molecule has 22 heavy (non-hydrogen) atoms. The summed E-state index contributed by atoms with van der Waals surface area (Å²) in [6.45, 7) is 3.84. The Balaban J connectivity index is 2.02. The van der Waals surface area contributed by atoms with Crippen LogP contribution in [0.1, 0.15) is 18.9 Å². The number of hydrogen-bond donors (Lipinski definition) is 0. The highest BCUT2D eigenvalue weighted by Crippen LogP contribution is 2.11. The molecule has 0 N–H and O–H groups in total. The summed E-state index contributed by atoms with van der Waals surface area (Å²) in [5, 5.41) is 0. The summed E-state index contributed by atoms with van der Waals surface area (Å²) in [7, 11) is 0. The second-order valence-electron chi connectivity index (χ2n) is 5.08. The first-order valence-corrected chi connectivity index (χ1v) is 7.20. The van der Waals surface area contributed by atoms with E-state index in [1.54, 1.807) is 9.80 Å². The molecule has 2 amide bonds. The van der Waals surface area contributed by atoms with E-state index in [0.717, 1.165) is 18.2 Å². The maximum absolute atomic E-state index is 13.1. The zero-order valence-corrected chi connectivity index (χ0v) is 12.4. The number of nitrogens with zero attached hydrogens (tertiary/aromatic N) is 2. The van der Waals surface area contributed by atoms with Crippen LogP contribution in [0, 0.1) is 11.6 Å². The van der Waals surface area contributed by atoms with Crippen LogP contribution < -0.4 is 0 Å². The lowest BCUT2D eigenvalue weighted by atomic mass is 10.2. The summed E-state index contributed by atoms with van der Waals surface area (Å²) in [4.78, 5) is 27.1. The predicted octanol–water partition coefficient (Wildman–Crippen LogP) is 2.06.